The fourth-order valence-electron chi connectivity index (χ4n) is 5.53. The van der Waals surface area contributed by atoms with Gasteiger partial charge in [-0.15, -0.1) is 0 Å². The van der Waals surface area contributed by atoms with Crippen molar-refractivity contribution in [2.45, 2.75) is 51.6 Å². The maximum Gasteiger partial charge on any atom is 0.279 e. The molecule has 4 aliphatic rings. The highest BCUT2D eigenvalue weighted by atomic mass is 19.1. The molecule has 2 amide bonds. The zero-order valence-electron chi connectivity index (χ0n) is 15.0. The third kappa shape index (κ3) is 3.17. The second-order valence-corrected chi connectivity index (χ2v) is 8.33. The Labute approximate surface area is 152 Å². The molecule has 5 nitrogen and oxygen atoms in total. The number of para-hydroxylation sites is 1. The topological polar surface area (TPSA) is 67.4 Å². The van der Waals surface area contributed by atoms with Gasteiger partial charge in [-0.05, 0) is 75.3 Å². The molecule has 4 aliphatic carbocycles. The van der Waals surface area contributed by atoms with Gasteiger partial charge in [-0.2, -0.15) is 0 Å². The molecular weight excluding hydrogens is 335 g/mol. The first-order valence-corrected chi connectivity index (χ1v) is 9.47. The summed E-state index contributed by atoms with van der Waals surface area (Å²) in [5.74, 6) is 0.893. The maximum absolute atomic E-state index is 13.6. The van der Waals surface area contributed by atoms with Crippen LogP contribution in [0.15, 0.2) is 24.3 Å². The molecule has 4 fully saturated rings. The third-order valence-electron chi connectivity index (χ3n) is 6.33. The number of rotatable bonds is 4. The largest absolute Gasteiger partial charge is 0.478 e. The highest BCUT2D eigenvalue weighted by molar-refractivity contribution is 5.87. The Morgan fingerprint density at radius 3 is 2.23 bits per heavy atom. The number of halogens is 1. The summed E-state index contributed by atoms with van der Waals surface area (Å²) in [6, 6.07) is 5.93. The fraction of sp³-hybridized carbons (Fsp3) is 0.600. The molecule has 0 aromatic heterocycles. The van der Waals surface area contributed by atoms with E-state index >= 15 is 0 Å². The van der Waals surface area contributed by atoms with Gasteiger partial charge >= 0.3 is 0 Å². The number of hydrazine groups is 1. The summed E-state index contributed by atoms with van der Waals surface area (Å²) in [7, 11) is 0. The van der Waals surface area contributed by atoms with Crippen molar-refractivity contribution in [1.82, 2.24) is 10.9 Å². The lowest BCUT2D eigenvalue weighted by molar-refractivity contribution is -0.149. The fourth-order valence-corrected chi connectivity index (χ4v) is 5.53. The maximum atomic E-state index is 13.6. The van der Waals surface area contributed by atoms with Crippen molar-refractivity contribution in [1.29, 1.82) is 0 Å². The molecule has 1 atom stereocenters. The zero-order chi connectivity index (χ0) is 18.3. The van der Waals surface area contributed by atoms with Gasteiger partial charge < -0.3 is 4.74 Å². The molecule has 0 aliphatic heterocycles. The van der Waals surface area contributed by atoms with E-state index in [0.717, 1.165) is 19.3 Å². The summed E-state index contributed by atoms with van der Waals surface area (Å²) >= 11 is 0. The molecule has 4 bridgehead atoms. The predicted molar refractivity (Wildman–Crippen MR) is 93.4 cm³/mol. The van der Waals surface area contributed by atoms with Crippen LogP contribution in [-0.4, -0.2) is 17.9 Å². The Kier molecular flexibility index (Phi) is 4.37. The van der Waals surface area contributed by atoms with Crippen molar-refractivity contribution in [3.63, 3.8) is 0 Å². The summed E-state index contributed by atoms with van der Waals surface area (Å²) in [5.41, 5.74) is 4.75. The molecule has 1 aromatic rings. The summed E-state index contributed by atoms with van der Waals surface area (Å²) in [5, 5.41) is 0. The summed E-state index contributed by atoms with van der Waals surface area (Å²) in [6.07, 6.45) is 5.65. The van der Waals surface area contributed by atoms with Crippen molar-refractivity contribution in [2.75, 3.05) is 0 Å². The Bertz CT molecular complexity index is 685. The van der Waals surface area contributed by atoms with Gasteiger partial charge in [0.1, 0.15) is 0 Å². The van der Waals surface area contributed by atoms with Crippen LogP contribution in [0.3, 0.4) is 0 Å². The van der Waals surface area contributed by atoms with Gasteiger partial charge in [0, 0.05) is 0 Å². The van der Waals surface area contributed by atoms with Crippen LogP contribution in [0.4, 0.5) is 4.39 Å². The molecular formula is C20H25FN2O3. The average molecular weight is 360 g/mol. The van der Waals surface area contributed by atoms with Gasteiger partial charge in [-0.25, -0.2) is 4.39 Å². The SMILES string of the molecule is CC(Oc1ccccc1F)C(=O)NNC(=O)C12CC3CC(CC(C3)C1)C2. The van der Waals surface area contributed by atoms with E-state index in [1.165, 1.54) is 38.3 Å². The second kappa shape index (κ2) is 6.56. The normalized spacial score (nSPS) is 32.8. The molecule has 0 heterocycles. The molecule has 0 radical (unpaired) electrons. The molecule has 4 saturated carbocycles. The molecule has 2 N–H and O–H groups in total. The third-order valence-corrected chi connectivity index (χ3v) is 6.33. The molecule has 1 unspecified atom stereocenters. The van der Waals surface area contributed by atoms with E-state index in [1.54, 1.807) is 12.1 Å². The first kappa shape index (κ1) is 17.3. The number of nitrogens with one attached hydrogen (secondary N) is 2. The molecule has 1 aromatic carbocycles. The smallest absolute Gasteiger partial charge is 0.279 e. The lowest BCUT2D eigenvalue weighted by Gasteiger charge is -2.55. The van der Waals surface area contributed by atoms with Crippen molar-refractivity contribution >= 4 is 11.8 Å². The van der Waals surface area contributed by atoms with E-state index < -0.39 is 17.8 Å². The molecule has 26 heavy (non-hydrogen) atoms. The molecule has 6 heteroatoms. The number of hydrogen-bond acceptors (Lipinski definition) is 3. The van der Waals surface area contributed by atoms with Crippen LogP contribution in [0.5, 0.6) is 5.75 Å². The number of amides is 2. The van der Waals surface area contributed by atoms with E-state index in [0.29, 0.717) is 17.8 Å². The van der Waals surface area contributed by atoms with E-state index in [2.05, 4.69) is 10.9 Å². The van der Waals surface area contributed by atoms with Gasteiger partial charge in [0.25, 0.3) is 5.91 Å². The second-order valence-electron chi connectivity index (χ2n) is 8.33. The molecule has 5 rings (SSSR count). The zero-order valence-corrected chi connectivity index (χ0v) is 15.0. The van der Waals surface area contributed by atoms with E-state index in [-0.39, 0.29) is 17.1 Å². The number of carbonyl (C=O) groups excluding carboxylic acids is 2. The van der Waals surface area contributed by atoms with Crippen LogP contribution in [0.1, 0.15) is 45.4 Å². The highest BCUT2D eigenvalue weighted by Gasteiger charge is 2.54. The minimum absolute atomic E-state index is 0.0163. The quantitative estimate of drug-likeness (QED) is 0.811. The van der Waals surface area contributed by atoms with Gasteiger partial charge in [0.05, 0.1) is 5.41 Å². The monoisotopic (exact) mass is 360 g/mol. The number of carbonyl (C=O) groups is 2. The minimum Gasteiger partial charge on any atom is -0.478 e. The van der Waals surface area contributed by atoms with Crippen LogP contribution < -0.4 is 15.6 Å². The lowest BCUT2D eigenvalue weighted by atomic mass is 9.49. The van der Waals surface area contributed by atoms with Crippen LogP contribution in [0.2, 0.25) is 0 Å². The van der Waals surface area contributed by atoms with Crippen molar-refractivity contribution in [3.8, 4) is 5.75 Å². The average Bonchev–Trinajstić information content (AvgIpc) is 2.60. The summed E-state index contributed by atoms with van der Waals surface area (Å²) in [4.78, 5) is 25.0. The number of benzene rings is 1. The van der Waals surface area contributed by atoms with Crippen LogP contribution in [0, 0.1) is 29.0 Å². The first-order chi connectivity index (χ1) is 12.4. The number of hydrogen-bond donors (Lipinski definition) is 2. The van der Waals surface area contributed by atoms with Crippen molar-refractivity contribution < 1.29 is 18.7 Å². The van der Waals surface area contributed by atoms with Crippen molar-refractivity contribution in [2.24, 2.45) is 23.2 Å². The highest BCUT2D eigenvalue weighted by Crippen LogP contribution is 2.60. The summed E-state index contributed by atoms with van der Waals surface area (Å²) < 4.78 is 19.0. The van der Waals surface area contributed by atoms with E-state index in [9.17, 15) is 14.0 Å². The summed E-state index contributed by atoms with van der Waals surface area (Å²) in [6.45, 7) is 1.53. The van der Waals surface area contributed by atoms with Crippen LogP contribution in [-0.2, 0) is 9.59 Å². The molecule has 0 saturated heterocycles. The first-order valence-electron chi connectivity index (χ1n) is 9.47. The number of ether oxygens (including phenoxy) is 1. The molecule has 0 spiro atoms. The van der Waals surface area contributed by atoms with E-state index in [4.69, 9.17) is 4.74 Å². The van der Waals surface area contributed by atoms with E-state index in [1.807, 2.05) is 0 Å². The Morgan fingerprint density at radius 1 is 1.08 bits per heavy atom. The molecule has 140 valence electrons. The Hall–Kier alpha value is -2.11. The van der Waals surface area contributed by atoms with Crippen molar-refractivity contribution in [3.05, 3.63) is 30.1 Å². The van der Waals surface area contributed by atoms with Gasteiger partial charge in [0.2, 0.25) is 5.91 Å². The Balaban J connectivity index is 1.33. The van der Waals surface area contributed by atoms with Crippen LogP contribution >= 0.6 is 0 Å². The van der Waals surface area contributed by atoms with Gasteiger partial charge in [-0.1, -0.05) is 12.1 Å². The lowest BCUT2D eigenvalue weighted by Crippen LogP contribution is -2.57. The van der Waals surface area contributed by atoms with Gasteiger partial charge in [0.15, 0.2) is 17.7 Å². The predicted octanol–water partition coefficient (Wildman–Crippen LogP) is 2.96. The Morgan fingerprint density at radius 2 is 1.65 bits per heavy atom. The minimum atomic E-state index is -0.913. The standard InChI is InChI=1S/C20H25FN2O3/c1-12(26-17-5-3-2-4-16(17)21)18(24)22-23-19(25)20-9-13-6-14(10-20)8-15(7-13)11-20/h2-5,12-15H,6-11H2,1H3,(H,22,24)(H,23,25). The van der Waals surface area contributed by atoms with Crippen LogP contribution in [0.25, 0.3) is 0 Å². The van der Waals surface area contributed by atoms with Gasteiger partial charge in [-0.3, -0.25) is 20.4 Å².